The number of nitrogens with zero attached hydrogens (tertiary/aromatic N) is 1. The Hall–Kier alpha value is -1.33. The number of hydrogen-bond donors (Lipinski definition) is 2. The van der Waals surface area contributed by atoms with Gasteiger partial charge in [-0.15, -0.1) is 12.4 Å². The van der Waals surface area contributed by atoms with Gasteiger partial charge in [-0.3, -0.25) is 9.59 Å². The van der Waals surface area contributed by atoms with Crippen LogP contribution in [0, 0.1) is 12.8 Å². The average molecular weight is 314 g/mol. The Balaban J connectivity index is 0.00000220. The molecule has 2 heterocycles. The van der Waals surface area contributed by atoms with Gasteiger partial charge in [0.15, 0.2) is 0 Å². The Morgan fingerprint density at radius 3 is 2.62 bits per heavy atom. The Kier molecular flexibility index (Phi) is 6.92. The maximum absolute atomic E-state index is 12.3. The normalized spacial score (nSPS) is 15.6. The van der Waals surface area contributed by atoms with Crippen LogP contribution in [0.25, 0.3) is 0 Å². The predicted molar refractivity (Wildman–Crippen MR) is 86.2 cm³/mol. The van der Waals surface area contributed by atoms with E-state index in [0.29, 0.717) is 5.92 Å². The highest BCUT2D eigenvalue weighted by molar-refractivity contribution is 5.93. The molecular formula is C15H24ClN3O2. The van der Waals surface area contributed by atoms with E-state index in [2.05, 4.69) is 17.2 Å². The van der Waals surface area contributed by atoms with Gasteiger partial charge >= 0.3 is 0 Å². The Morgan fingerprint density at radius 1 is 1.38 bits per heavy atom. The molecule has 0 atom stereocenters. The van der Waals surface area contributed by atoms with Gasteiger partial charge < -0.3 is 15.2 Å². The van der Waals surface area contributed by atoms with E-state index in [1.54, 1.807) is 17.0 Å². The molecular weight excluding hydrogens is 290 g/mol. The first-order valence-corrected chi connectivity index (χ1v) is 7.31. The number of rotatable bonds is 4. The van der Waals surface area contributed by atoms with Crippen molar-refractivity contribution in [2.45, 2.75) is 26.7 Å². The molecule has 0 unspecified atom stereocenters. The highest BCUT2D eigenvalue weighted by Crippen LogP contribution is 2.17. The van der Waals surface area contributed by atoms with E-state index in [9.17, 15) is 9.59 Å². The molecule has 1 fully saturated rings. The first-order valence-electron chi connectivity index (χ1n) is 7.31. The van der Waals surface area contributed by atoms with Crippen molar-refractivity contribution in [1.82, 2.24) is 15.2 Å². The molecule has 5 nitrogen and oxygen atoms in total. The molecule has 2 rings (SSSR count). The van der Waals surface area contributed by atoms with Crippen molar-refractivity contribution in [3.63, 3.8) is 0 Å². The Morgan fingerprint density at radius 2 is 2.05 bits per heavy atom. The highest BCUT2D eigenvalue weighted by Gasteiger charge is 2.24. The number of carbonyl (C=O) groups excluding carboxylic acids is 1. The zero-order chi connectivity index (χ0) is 14.5. The van der Waals surface area contributed by atoms with Gasteiger partial charge in [0.05, 0.1) is 0 Å². The maximum Gasteiger partial charge on any atom is 0.260 e. The lowest BCUT2D eigenvalue weighted by atomic mass is 9.96. The van der Waals surface area contributed by atoms with Crippen LogP contribution >= 0.6 is 12.4 Å². The Labute approximate surface area is 131 Å². The number of H-pyrrole nitrogens is 1. The zero-order valence-electron chi connectivity index (χ0n) is 12.6. The monoisotopic (exact) mass is 313 g/mol. The number of aryl methyl sites for hydroxylation is 1. The van der Waals surface area contributed by atoms with Crippen LogP contribution in [0.4, 0.5) is 0 Å². The van der Waals surface area contributed by atoms with Crippen LogP contribution in [0.15, 0.2) is 16.9 Å². The summed E-state index contributed by atoms with van der Waals surface area (Å²) in [4.78, 5) is 28.6. The minimum atomic E-state index is -0.287. The van der Waals surface area contributed by atoms with Crippen LogP contribution in [0.1, 0.15) is 35.8 Å². The number of piperidine rings is 1. The summed E-state index contributed by atoms with van der Waals surface area (Å²) >= 11 is 0. The first-order chi connectivity index (χ1) is 9.61. The van der Waals surface area contributed by atoms with Crippen LogP contribution in [-0.2, 0) is 0 Å². The number of amides is 1. The molecule has 1 amide bonds. The topological polar surface area (TPSA) is 65.2 Å². The molecule has 1 aliphatic rings. The number of halogens is 1. The van der Waals surface area contributed by atoms with Gasteiger partial charge in [0.2, 0.25) is 0 Å². The third kappa shape index (κ3) is 4.58. The summed E-state index contributed by atoms with van der Waals surface area (Å²) in [6.07, 6.45) is 2.00. The minimum absolute atomic E-state index is 0. The van der Waals surface area contributed by atoms with Crippen LogP contribution in [0.5, 0.6) is 0 Å². The van der Waals surface area contributed by atoms with Gasteiger partial charge in [-0.05, 0) is 50.9 Å². The predicted octanol–water partition coefficient (Wildman–Crippen LogP) is 1.57. The van der Waals surface area contributed by atoms with Gasteiger partial charge in [-0.1, -0.05) is 6.92 Å². The molecule has 0 aliphatic carbocycles. The lowest BCUT2D eigenvalue weighted by Gasteiger charge is -2.32. The number of likely N-dealkylation sites (tertiary alicyclic amines) is 1. The second kappa shape index (κ2) is 8.20. The van der Waals surface area contributed by atoms with Crippen LogP contribution in [0.2, 0.25) is 0 Å². The molecule has 1 aromatic rings. The second-order valence-corrected chi connectivity index (χ2v) is 5.43. The lowest BCUT2D eigenvalue weighted by molar-refractivity contribution is 0.0688. The number of hydrogen-bond acceptors (Lipinski definition) is 3. The van der Waals surface area contributed by atoms with Gasteiger partial charge in [0, 0.05) is 18.8 Å². The van der Waals surface area contributed by atoms with Crippen molar-refractivity contribution in [2.24, 2.45) is 5.92 Å². The number of aromatic amines is 1. The smallest absolute Gasteiger partial charge is 0.260 e. The molecule has 1 aromatic heterocycles. The molecule has 1 saturated heterocycles. The lowest BCUT2D eigenvalue weighted by Crippen LogP contribution is -2.42. The summed E-state index contributed by atoms with van der Waals surface area (Å²) in [5, 5.41) is 3.35. The molecule has 0 aromatic carbocycles. The van der Waals surface area contributed by atoms with Crippen molar-refractivity contribution >= 4 is 18.3 Å². The molecule has 1 aliphatic heterocycles. The van der Waals surface area contributed by atoms with E-state index in [4.69, 9.17) is 0 Å². The summed E-state index contributed by atoms with van der Waals surface area (Å²) in [6.45, 7) is 7.39. The highest BCUT2D eigenvalue weighted by atomic mass is 35.5. The fraction of sp³-hybridized carbons (Fsp3) is 0.600. The number of pyridine rings is 1. The summed E-state index contributed by atoms with van der Waals surface area (Å²) in [7, 11) is 0. The SMILES string of the molecule is CCNCC1CCN(C(=O)c2ccc(C)[nH]c2=O)CC1.Cl. The molecule has 0 radical (unpaired) electrons. The van der Waals surface area contributed by atoms with Crippen molar-refractivity contribution in [1.29, 1.82) is 0 Å². The average Bonchev–Trinajstić information content (AvgIpc) is 2.45. The van der Waals surface area contributed by atoms with Crippen molar-refractivity contribution in [3.8, 4) is 0 Å². The van der Waals surface area contributed by atoms with E-state index in [0.717, 1.165) is 44.7 Å². The summed E-state index contributed by atoms with van der Waals surface area (Å²) in [6, 6.07) is 3.40. The van der Waals surface area contributed by atoms with Gasteiger partial charge in [-0.25, -0.2) is 0 Å². The van der Waals surface area contributed by atoms with E-state index in [-0.39, 0.29) is 29.4 Å². The molecule has 6 heteroatoms. The summed E-state index contributed by atoms with van der Waals surface area (Å²) in [5.74, 6) is 0.489. The quantitative estimate of drug-likeness (QED) is 0.887. The molecule has 0 bridgehead atoms. The molecule has 0 saturated carbocycles. The van der Waals surface area contributed by atoms with Gasteiger partial charge in [0.25, 0.3) is 11.5 Å². The van der Waals surface area contributed by atoms with E-state index >= 15 is 0 Å². The van der Waals surface area contributed by atoms with E-state index < -0.39 is 0 Å². The summed E-state index contributed by atoms with van der Waals surface area (Å²) < 4.78 is 0. The zero-order valence-corrected chi connectivity index (χ0v) is 13.5. The fourth-order valence-corrected chi connectivity index (χ4v) is 2.60. The molecule has 21 heavy (non-hydrogen) atoms. The third-order valence-corrected chi connectivity index (χ3v) is 3.87. The van der Waals surface area contributed by atoms with E-state index in [1.165, 1.54) is 0 Å². The van der Waals surface area contributed by atoms with E-state index in [1.807, 2.05) is 6.92 Å². The molecule has 118 valence electrons. The minimum Gasteiger partial charge on any atom is -0.338 e. The number of nitrogens with one attached hydrogen (secondary N) is 2. The maximum atomic E-state index is 12.3. The van der Waals surface area contributed by atoms with Crippen molar-refractivity contribution < 1.29 is 4.79 Å². The number of aromatic nitrogens is 1. The van der Waals surface area contributed by atoms with Crippen molar-refractivity contribution in [3.05, 3.63) is 33.7 Å². The van der Waals surface area contributed by atoms with Crippen LogP contribution < -0.4 is 10.9 Å². The fourth-order valence-electron chi connectivity index (χ4n) is 2.60. The standard InChI is InChI=1S/C15H23N3O2.ClH/c1-3-16-10-12-6-8-18(9-7-12)15(20)13-5-4-11(2)17-14(13)19;/h4-5,12,16H,3,6-10H2,1-2H3,(H,17,19);1H. The first kappa shape index (κ1) is 17.7. The number of carbonyl (C=O) groups is 1. The molecule has 2 N–H and O–H groups in total. The van der Waals surface area contributed by atoms with Crippen LogP contribution in [-0.4, -0.2) is 42.0 Å². The van der Waals surface area contributed by atoms with Gasteiger partial charge in [0.1, 0.15) is 5.56 Å². The van der Waals surface area contributed by atoms with Crippen LogP contribution in [0.3, 0.4) is 0 Å². The summed E-state index contributed by atoms with van der Waals surface area (Å²) in [5.41, 5.74) is 0.737. The van der Waals surface area contributed by atoms with Gasteiger partial charge in [-0.2, -0.15) is 0 Å². The third-order valence-electron chi connectivity index (χ3n) is 3.87. The molecule has 0 spiro atoms. The second-order valence-electron chi connectivity index (χ2n) is 5.43. The largest absolute Gasteiger partial charge is 0.338 e. The Bertz CT molecular complexity index is 522. The van der Waals surface area contributed by atoms with Crippen molar-refractivity contribution in [2.75, 3.05) is 26.2 Å².